The molecule has 0 bridgehead atoms. The maximum absolute atomic E-state index is 12.1. The van der Waals surface area contributed by atoms with E-state index in [-0.39, 0.29) is 29.9 Å². The number of halogens is 2. The molecule has 0 spiro atoms. The number of carbonyl (C=O) groups is 1. The molecule has 25 heavy (non-hydrogen) atoms. The van der Waals surface area contributed by atoms with Gasteiger partial charge in [-0.1, -0.05) is 37.6 Å². The average molecular weight is 479 g/mol. The zero-order valence-corrected chi connectivity index (χ0v) is 18.2. The van der Waals surface area contributed by atoms with E-state index in [1.165, 1.54) is 6.42 Å². The highest BCUT2D eigenvalue weighted by atomic mass is 127. The summed E-state index contributed by atoms with van der Waals surface area (Å²) in [5.41, 5.74) is 0.824. The van der Waals surface area contributed by atoms with Crippen LogP contribution in [0.15, 0.2) is 29.3 Å². The second-order valence-electron chi connectivity index (χ2n) is 6.81. The molecule has 1 aliphatic heterocycles. The molecule has 0 aromatic heterocycles. The van der Waals surface area contributed by atoms with E-state index < -0.39 is 0 Å². The molecule has 1 aromatic rings. The van der Waals surface area contributed by atoms with Crippen LogP contribution in [0.4, 0.5) is 0 Å². The highest BCUT2D eigenvalue weighted by molar-refractivity contribution is 14.0. The van der Waals surface area contributed by atoms with Gasteiger partial charge in [0.15, 0.2) is 5.96 Å². The number of hydrogen-bond donors (Lipinski definition) is 2. The van der Waals surface area contributed by atoms with Crippen molar-refractivity contribution in [2.45, 2.75) is 27.2 Å². The maximum Gasteiger partial charge on any atom is 0.252 e. The number of benzene rings is 1. The first-order chi connectivity index (χ1) is 11.4. The fourth-order valence-electron chi connectivity index (χ4n) is 2.79. The largest absolute Gasteiger partial charge is 0.357 e. The minimum absolute atomic E-state index is 0. The topological polar surface area (TPSA) is 56.7 Å². The molecule has 5 nitrogen and oxygen atoms in total. The summed E-state index contributed by atoms with van der Waals surface area (Å²) in [6.45, 7) is 10.5. The summed E-state index contributed by atoms with van der Waals surface area (Å²) in [6.07, 6.45) is 1.17. The predicted molar refractivity (Wildman–Crippen MR) is 115 cm³/mol. The summed E-state index contributed by atoms with van der Waals surface area (Å²) in [5.74, 6) is 0.762. The SMILES string of the molecule is CCNC(=NCCNC(=O)c1ccccc1Cl)N1CCC(C)(C)C1.I. The van der Waals surface area contributed by atoms with Crippen LogP contribution in [-0.2, 0) is 0 Å². The Morgan fingerprint density at radius 1 is 1.32 bits per heavy atom. The molecule has 1 saturated heterocycles. The van der Waals surface area contributed by atoms with Crippen molar-refractivity contribution in [1.29, 1.82) is 0 Å². The van der Waals surface area contributed by atoms with E-state index in [0.29, 0.717) is 29.1 Å². The predicted octanol–water partition coefficient (Wildman–Crippen LogP) is 3.39. The summed E-state index contributed by atoms with van der Waals surface area (Å²) in [5, 5.41) is 6.66. The van der Waals surface area contributed by atoms with Crippen molar-refractivity contribution in [1.82, 2.24) is 15.5 Å². The average Bonchev–Trinajstić information content (AvgIpc) is 2.90. The molecule has 2 rings (SSSR count). The standard InChI is InChI=1S/C18H27ClN4O.HI/c1-4-20-17(23-12-9-18(2,3)13-23)22-11-10-21-16(24)14-7-5-6-8-15(14)19;/h5-8H,4,9-13H2,1-3H3,(H,20,22)(H,21,24);1H. The lowest BCUT2D eigenvalue weighted by molar-refractivity contribution is 0.0955. The lowest BCUT2D eigenvalue weighted by atomic mass is 9.93. The molecular weight excluding hydrogens is 451 g/mol. The monoisotopic (exact) mass is 478 g/mol. The second-order valence-corrected chi connectivity index (χ2v) is 7.21. The van der Waals surface area contributed by atoms with Crippen molar-refractivity contribution >= 4 is 47.4 Å². The number of likely N-dealkylation sites (tertiary alicyclic amines) is 1. The Labute approximate surface area is 172 Å². The Morgan fingerprint density at radius 3 is 2.64 bits per heavy atom. The molecule has 0 unspecified atom stereocenters. The first-order valence-corrected chi connectivity index (χ1v) is 8.87. The van der Waals surface area contributed by atoms with E-state index in [9.17, 15) is 4.79 Å². The van der Waals surface area contributed by atoms with Crippen molar-refractivity contribution in [3.05, 3.63) is 34.9 Å². The number of aliphatic imine (C=N–C) groups is 1. The Balaban J connectivity index is 0.00000312. The molecule has 2 N–H and O–H groups in total. The molecule has 0 atom stereocenters. The first kappa shape index (κ1) is 22.0. The summed E-state index contributed by atoms with van der Waals surface area (Å²) in [4.78, 5) is 19.0. The molecule has 140 valence electrons. The number of carbonyl (C=O) groups excluding carboxylic acids is 1. The highest BCUT2D eigenvalue weighted by Crippen LogP contribution is 2.28. The Bertz CT molecular complexity index is 606. The Kier molecular flexibility index (Phi) is 8.99. The number of rotatable bonds is 5. The fourth-order valence-corrected chi connectivity index (χ4v) is 3.01. The minimum atomic E-state index is -0.164. The van der Waals surface area contributed by atoms with Crippen LogP contribution in [-0.4, -0.2) is 49.5 Å². The van der Waals surface area contributed by atoms with Gasteiger partial charge in [-0.15, -0.1) is 24.0 Å². The number of guanidine groups is 1. The van der Waals surface area contributed by atoms with E-state index in [4.69, 9.17) is 11.6 Å². The van der Waals surface area contributed by atoms with Crippen LogP contribution < -0.4 is 10.6 Å². The number of hydrogen-bond acceptors (Lipinski definition) is 2. The van der Waals surface area contributed by atoms with E-state index in [1.807, 2.05) is 6.07 Å². The van der Waals surface area contributed by atoms with Gasteiger partial charge in [-0.2, -0.15) is 0 Å². The number of nitrogens with one attached hydrogen (secondary N) is 2. The van der Waals surface area contributed by atoms with Crippen LogP contribution in [0.1, 0.15) is 37.6 Å². The normalized spacial score (nSPS) is 16.3. The molecule has 0 radical (unpaired) electrons. The summed E-state index contributed by atoms with van der Waals surface area (Å²) >= 11 is 6.03. The Hall–Kier alpha value is -1.02. The number of amides is 1. The van der Waals surface area contributed by atoms with Gasteiger partial charge in [-0.05, 0) is 30.9 Å². The smallest absolute Gasteiger partial charge is 0.252 e. The van der Waals surface area contributed by atoms with Crippen LogP contribution in [0.2, 0.25) is 5.02 Å². The van der Waals surface area contributed by atoms with Gasteiger partial charge in [0.05, 0.1) is 17.1 Å². The van der Waals surface area contributed by atoms with Gasteiger partial charge >= 0.3 is 0 Å². The molecule has 1 heterocycles. The molecule has 7 heteroatoms. The van der Waals surface area contributed by atoms with Gasteiger partial charge in [0, 0.05) is 26.2 Å². The van der Waals surface area contributed by atoms with Gasteiger partial charge < -0.3 is 15.5 Å². The van der Waals surface area contributed by atoms with Crippen LogP contribution in [0.25, 0.3) is 0 Å². The molecule has 1 fully saturated rings. The third kappa shape index (κ3) is 6.66. The van der Waals surface area contributed by atoms with E-state index >= 15 is 0 Å². The zero-order valence-electron chi connectivity index (χ0n) is 15.1. The van der Waals surface area contributed by atoms with E-state index in [2.05, 4.69) is 41.3 Å². The molecule has 0 aliphatic carbocycles. The van der Waals surface area contributed by atoms with Crippen molar-refractivity contribution in [2.24, 2.45) is 10.4 Å². The molecule has 1 aromatic carbocycles. The van der Waals surface area contributed by atoms with Crippen LogP contribution in [0.3, 0.4) is 0 Å². The molecule has 1 amide bonds. The van der Waals surface area contributed by atoms with Crippen molar-refractivity contribution in [2.75, 3.05) is 32.7 Å². The van der Waals surface area contributed by atoms with Crippen LogP contribution in [0.5, 0.6) is 0 Å². The fraction of sp³-hybridized carbons (Fsp3) is 0.556. The van der Waals surface area contributed by atoms with Crippen molar-refractivity contribution in [3.8, 4) is 0 Å². The van der Waals surface area contributed by atoms with Crippen molar-refractivity contribution in [3.63, 3.8) is 0 Å². The lowest BCUT2D eigenvalue weighted by Gasteiger charge is -2.23. The molecule has 0 saturated carbocycles. The van der Waals surface area contributed by atoms with Gasteiger partial charge in [-0.3, -0.25) is 9.79 Å². The van der Waals surface area contributed by atoms with Gasteiger partial charge in [-0.25, -0.2) is 0 Å². The molecular formula is C18H28ClIN4O. The quantitative estimate of drug-likeness (QED) is 0.295. The lowest BCUT2D eigenvalue weighted by Crippen LogP contribution is -2.41. The van der Waals surface area contributed by atoms with Gasteiger partial charge in [0.2, 0.25) is 0 Å². The summed E-state index contributed by atoms with van der Waals surface area (Å²) in [7, 11) is 0. The summed E-state index contributed by atoms with van der Waals surface area (Å²) < 4.78 is 0. The first-order valence-electron chi connectivity index (χ1n) is 8.49. The molecule has 1 aliphatic rings. The van der Waals surface area contributed by atoms with Gasteiger partial charge in [0.25, 0.3) is 5.91 Å². The van der Waals surface area contributed by atoms with Crippen LogP contribution >= 0.6 is 35.6 Å². The second kappa shape index (κ2) is 10.2. The zero-order chi connectivity index (χ0) is 17.6. The van der Waals surface area contributed by atoms with Crippen molar-refractivity contribution < 1.29 is 4.79 Å². The maximum atomic E-state index is 12.1. The van der Waals surface area contributed by atoms with Gasteiger partial charge in [0.1, 0.15) is 0 Å². The summed E-state index contributed by atoms with van der Waals surface area (Å²) in [6, 6.07) is 7.05. The number of nitrogens with zero attached hydrogens (tertiary/aromatic N) is 2. The van der Waals surface area contributed by atoms with Crippen LogP contribution in [0, 0.1) is 5.41 Å². The minimum Gasteiger partial charge on any atom is -0.357 e. The van der Waals surface area contributed by atoms with E-state index in [0.717, 1.165) is 25.6 Å². The highest BCUT2D eigenvalue weighted by Gasteiger charge is 2.30. The van der Waals surface area contributed by atoms with E-state index in [1.54, 1.807) is 18.2 Å². The third-order valence-corrected chi connectivity index (χ3v) is 4.42. The Morgan fingerprint density at radius 2 is 2.04 bits per heavy atom. The third-order valence-electron chi connectivity index (χ3n) is 4.09.